The van der Waals surface area contributed by atoms with E-state index in [0.717, 1.165) is 50.7 Å². The number of hydrogen-bond donors (Lipinski definition) is 1. The first-order valence-corrected chi connectivity index (χ1v) is 8.90. The van der Waals surface area contributed by atoms with E-state index in [2.05, 4.69) is 33.4 Å². The first-order valence-electron chi connectivity index (χ1n) is 8.90. The highest BCUT2D eigenvalue weighted by atomic mass is 16.6. The van der Waals surface area contributed by atoms with Crippen LogP contribution in [0.3, 0.4) is 0 Å². The zero-order valence-electron chi connectivity index (χ0n) is 14.7. The summed E-state index contributed by atoms with van der Waals surface area (Å²) in [5, 5.41) is 10.3. The van der Waals surface area contributed by atoms with Crippen LogP contribution in [0.1, 0.15) is 59.3 Å². The highest BCUT2D eigenvalue weighted by Gasteiger charge is 2.51. The van der Waals surface area contributed by atoms with E-state index in [1.807, 2.05) is 0 Å². The lowest BCUT2D eigenvalue weighted by atomic mass is 9.90. The summed E-state index contributed by atoms with van der Waals surface area (Å²) in [5.41, 5.74) is 5.04. The number of hydrogen-bond acceptors (Lipinski definition) is 3. The molecule has 1 N–H and O–H groups in total. The Morgan fingerprint density at radius 1 is 1.22 bits per heavy atom. The molecule has 0 saturated carbocycles. The van der Waals surface area contributed by atoms with E-state index in [9.17, 15) is 5.11 Å². The van der Waals surface area contributed by atoms with Gasteiger partial charge in [-0.2, -0.15) is 0 Å². The van der Waals surface area contributed by atoms with Gasteiger partial charge in [-0.3, -0.25) is 0 Å². The molecule has 1 fully saturated rings. The summed E-state index contributed by atoms with van der Waals surface area (Å²) in [5.74, 6) is 0. The zero-order valence-corrected chi connectivity index (χ0v) is 14.7. The lowest BCUT2D eigenvalue weighted by Gasteiger charge is -2.17. The van der Waals surface area contributed by atoms with Crippen LogP contribution >= 0.6 is 0 Å². The highest BCUT2D eigenvalue weighted by Crippen LogP contribution is 2.45. The molecule has 2 heterocycles. The minimum absolute atomic E-state index is 0.00543. The predicted octanol–water partition coefficient (Wildman–Crippen LogP) is 4.08. The van der Waals surface area contributed by atoms with Crippen LogP contribution < -0.4 is 0 Å². The smallest absolute Gasteiger partial charge is 0.0977 e. The summed E-state index contributed by atoms with van der Waals surface area (Å²) < 4.78 is 11.9. The Hall–Kier alpha value is -0.900. The Balaban J connectivity index is 1.78. The number of epoxide rings is 1. The molecule has 3 heteroatoms. The third kappa shape index (κ3) is 3.78. The molecule has 0 unspecified atom stereocenters. The average Bonchev–Trinajstić information content (AvgIpc) is 3.04. The van der Waals surface area contributed by atoms with E-state index in [1.54, 1.807) is 0 Å². The van der Waals surface area contributed by atoms with Crippen molar-refractivity contribution in [3.63, 3.8) is 0 Å². The van der Waals surface area contributed by atoms with Crippen molar-refractivity contribution in [3.8, 4) is 0 Å². The maximum Gasteiger partial charge on any atom is 0.0977 e. The van der Waals surface area contributed by atoms with Gasteiger partial charge in [0.25, 0.3) is 0 Å². The molecule has 0 aromatic carbocycles. The van der Waals surface area contributed by atoms with Gasteiger partial charge in [-0.05, 0) is 76.0 Å². The molecule has 23 heavy (non-hydrogen) atoms. The fourth-order valence-electron chi connectivity index (χ4n) is 3.81. The summed E-state index contributed by atoms with van der Waals surface area (Å²) in [7, 11) is 0. The Bertz CT molecular complexity index is 545. The van der Waals surface area contributed by atoms with E-state index in [-0.39, 0.29) is 11.7 Å². The highest BCUT2D eigenvalue weighted by molar-refractivity contribution is 5.28. The SMILES string of the molecule is C=C1CC[C@@H]2O[C@]2(C)CCC2=C(C)CO[C@H]2/C=C(\C)CC[C@H]1O. The monoisotopic (exact) mass is 318 g/mol. The van der Waals surface area contributed by atoms with Gasteiger partial charge in [-0.15, -0.1) is 0 Å². The van der Waals surface area contributed by atoms with Crippen molar-refractivity contribution in [2.24, 2.45) is 0 Å². The largest absolute Gasteiger partial charge is 0.389 e. The molecule has 0 aromatic heterocycles. The molecule has 0 amide bonds. The topological polar surface area (TPSA) is 42.0 Å². The number of allylic oxidation sites excluding steroid dienone is 1. The lowest BCUT2D eigenvalue weighted by Crippen LogP contribution is -2.16. The predicted molar refractivity (Wildman–Crippen MR) is 92.3 cm³/mol. The van der Waals surface area contributed by atoms with E-state index in [1.165, 1.54) is 16.7 Å². The lowest BCUT2D eigenvalue weighted by molar-refractivity contribution is 0.149. The van der Waals surface area contributed by atoms with E-state index in [4.69, 9.17) is 9.47 Å². The molecule has 3 nitrogen and oxygen atoms in total. The number of ether oxygens (including phenoxy) is 2. The van der Waals surface area contributed by atoms with Crippen molar-refractivity contribution < 1.29 is 14.6 Å². The van der Waals surface area contributed by atoms with Gasteiger partial charge in [-0.1, -0.05) is 18.2 Å². The zero-order chi connectivity index (χ0) is 16.6. The number of rotatable bonds is 0. The van der Waals surface area contributed by atoms with Crippen LogP contribution in [0.15, 0.2) is 34.9 Å². The molecule has 0 spiro atoms. The maximum absolute atomic E-state index is 10.3. The van der Waals surface area contributed by atoms with Crippen LogP contribution in [0.2, 0.25) is 0 Å². The van der Waals surface area contributed by atoms with Crippen molar-refractivity contribution in [2.45, 2.75) is 83.2 Å². The second-order valence-electron chi connectivity index (χ2n) is 7.72. The maximum atomic E-state index is 10.3. The standard InChI is InChI=1S/C20H30O3/c1-13-5-7-17(21)14(2)6-8-19-20(4,23-19)10-9-16-15(3)12-22-18(16)11-13/h11,17-19,21H,2,5-10,12H2,1,3-4H3/b13-11+/t17-,18+,19+,20-/m1/s1. The van der Waals surface area contributed by atoms with E-state index < -0.39 is 6.10 Å². The first kappa shape index (κ1) is 16.9. The van der Waals surface area contributed by atoms with Crippen molar-refractivity contribution in [2.75, 3.05) is 6.61 Å². The summed E-state index contributed by atoms with van der Waals surface area (Å²) in [6.07, 6.45) is 7.82. The molecule has 1 aliphatic carbocycles. The number of aliphatic hydroxyl groups is 1. The van der Waals surface area contributed by atoms with Crippen molar-refractivity contribution in [1.29, 1.82) is 0 Å². The number of aliphatic hydroxyl groups excluding tert-OH is 1. The number of fused-ring (bicyclic) bond motifs is 2. The molecule has 128 valence electrons. The quantitative estimate of drug-likeness (QED) is 0.540. The van der Waals surface area contributed by atoms with Crippen molar-refractivity contribution >= 4 is 0 Å². The average molecular weight is 318 g/mol. The normalized spacial score (nSPS) is 41.7. The van der Waals surface area contributed by atoms with Gasteiger partial charge in [-0.25, -0.2) is 0 Å². The summed E-state index contributed by atoms with van der Waals surface area (Å²) in [6.45, 7) is 11.3. The van der Waals surface area contributed by atoms with Crippen molar-refractivity contribution in [3.05, 3.63) is 34.9 Å². The van der Waals surface area contributed by atoms with Gasteiger partial charge in [0.05, 0.1) is 30.5 Å². The van der Waals surface area contributed by atoms with Gasteiger partial charge in [0, 0.05) is 0 Å². The van der Waals surface area contributed by atoms with Crippen LogP contribution in [-0.4, -0.2) is 35.6 Å². The van der Waals surface area contributed by atoms with Gasteiger partial charge in [0.15, 0.2) is 0 Å². The molecule has 0 radical (unpaired) electrons. The molecule has 0 bridgehead atoms. The van der Waals surface area contributed by atoms with Gasteiger partial charge >= 0.3 is 0 Å². The van der Waals surface area contributed by atoms with E-state index >= 15 is 0 Å². The Labute approximate surface area is 140 Å². The third-order valence-corrected chi connectivity index (χ3v) is 5.74. The van der Waals surface area contributed by atoms with Crippen LogP contribution in [0, 0.1) is 0 Å². The van der Waals surface area contributed by atoms with Crippen LogP contribution in [0.5, 0.6) is 0 Å². The fraction of sp³-hybridized carbons (Fsp3) is 0.700. The molecule has 1 saturated heterocycles. The third-order valence-electron chi connectivity index (χ3n) is 5.74. The van der Waals surface area contributed by atoms with Gasteiger partial charge in [0.1, 0.15) is 0 Å². The second kappa shape index (κ2) is 6.54. The molecular weight excluding hydrogens is 288 g/mol. The minimum Gasteiger partial charge on any atom is -0.389 e. The Morgan fingerprint density at radius 2 is 2.00 bits per heavy atom. The van der Waals surface area contributed by atoms with E-state index in [0.29, 0.717) is 6.10 Å². The van der Waals surface area contributed by atoms with Crippen LogP contribution in [0.25, 0.3) is 0 Å². The molecule has 2 aliphatic heterocycles. The summed E-state index contributed by atoms with van der Waals surface area (Å²) in [4.78, 5) is 0. The second-order valence-corrected chi connectivity index (χ2v) is 7.72. The Morgan fingerprint density at radius 3 is 2.78 bits per heavy atom. The molecule has 3 rings (SSSR count). The van der Waals surface area contributed by atoms with Crippen LogP contribution in [0.4, 0.5) is 0 Å². The first-order chi connectivity index (χ1) is 10.9. The molecule has 0 aromatic rings. The summed E-state index contributed by atoms with van der Waals surface area (Å²) >= 11 is 0. The summed E-state index contributed by atoms with van der Waals surface area (Å²) in [6, 6.07) is 0. The Kier molecular flexibility index (Phi) is 4.82. The fourth-order valence-corrected chi connectivity index (χ4v) is 3.81. The molecule has 3 aliphatic rings. The van der Waals surface area contributed by atoms with Crippen molar-refractivity contribution in [1.82, 2.24) is 0 Å². The molecule has 4 atom stereocenters. The minimum atomic E-state index is -0.410. The van der Waals surface area contributed by atoms with Crippen LogP contribution in [-0.2, 0) is 9.47 Å². The molecular formula is C20H30O3. The van der Waals surface area contributed by atoms with Gasteiger partial charge < -0.3 is 14.6 Å². The van der Waals surface area contributed by atoms with Gasteiger partial charge in [0.2, 0.25) is 0 Å².